The summed E-state index contributed by atoms with van der Waals surface area (Å²) in [6.07, 6.45) is 2.52. The summed E-state index contributed by atoms with van der Waals surface area (Å²) >= 11 is 0. The van der Waals surface area contributed by atoms with Gasteiger partial charge in [0.1, 0.15) is 17.3 Å². The van der Waals surface area contributed by atoms with Crippen molar-refractivity contribution in [3.8, 4) is 0 Å². The van der Waals surface area contributed by atoms with Crippen molar-refractivity contribution in [1.82, 2.24) is 5.32 Å². The second-order valence-corrected chi connectivity index (χ2v) is 4.01. The summed E-state index contributed by atoms with van der Waals surface area (Å²) in [5.41, 5.74) is -0.429. The molecule has 0 unspecified atom stereocenters. The van der Waals surface area contributed by atoms with Crippen LogP contribution < -0.4 is 10.6 Å². The summed E-state index contributed by atoms with van der Waals surface area (Å²) in [6, 6.07) is 3.40. The maximum Gasteiger partial charge on any atom is 0.238 e. The first-order valence-electron chi connectivity index (χ1n) is 6.28. The van der Waals surface area contributed by atoms with Gasteiger partial charge in [0.15, 0.2) is 0 Å². The van der Waals surface area contributed by atoms with E-state index in [1.54, 1.807) is 6.08 Å². The molecule has 0 aliphatic carbocycles. The van der Waals surface area contributed by atoms with Gasteiger partial charge in [0.25, 0.3) is 0 Å². The van der Waals surface area contributed by atoms with Crippen LogP contribution in [0.3, 0.4) is 0 Å². The molecule has 0 aliphatic heterocycles. The molecule has 0 spiro atoms. The van der Waals surface area contributed by atoms with Crippen LogP contribution in [0.5, 0.6) is 0 Å². The highest BCUT2D eigenvalue weighted by Gasteiger charge is 2.11. The summed E-state index contributed by atoms with van der Waals surface area (Å²) in [5.74, 6) is -2.11. The second kappa shape index (κ2) is 9.17. The number of rotatable bonds is 9. The molecule has 1 rings (SSSR count). The Morgan fingerprint density at radius 1 is 1.30 bits per heavy atom. The Hall–Kier alpha value is -1.79. The van der Waals surface area contributed by atoms with Gasteiger partial charge in [-0.05, 0) is 18.6 Å². The molecule has 0 heterocycles. The van der Waals surface area contributed by atoms with E-state index in [0.29, 0.717) is 19.8 Å². The Morgan fingerprint density at radius 3 is 2.65 bits per heavy atom. The van der Waals surface area contributed by atoms with Crippen molar-refractivity contribution < 1.29 is 18.3 Å². The maximum atomic E-state index is 13.3. The molecular weight excluding hydrogens is 266 g/mol. The number of halogens is 2. The Morgan fingerprint density at radius 2 is 2.00 bits per heavy atom. The molecule has 0 aliphatic rings. The SMILES string of the molecule is C=CCCOCCNCC(=O)Nc1c(F)cccc1F. The van der Waals surface area contributed by atoms with E-state index in [0.717, 1.165) is 18.6 Å². The fraction of sp³-hybridized carbons (Fsp3) is 0.357. The van der Waals surface area contributed by atoms with Gasteiger partial charge in [-0.1, -0.05) is 12.1 Å². The molecule has 2 N–H and O–H groups in total. The standard InChI is InChI=1S/C14H18F2N2O2/c1-2-3-8-20-9-7-17-10-13(19)18-14-11(15)5-4-6-12(14)16/h2,4-6,17H,1,3,7-10H2,(H,18,19). The fourth-order valence-electron chi connectivity index (χ4n) is 1.42. The zero-order valence-electron chi connectivity index (χ0n) is 11.1. The van der Waals surface area contributed by atoms with E-state index >= 15 is 0 Å². The normalized spacial score (nSPS) is 10.3. The minimum Gasteiger partial charge on any atom is -0.380 e. The predicted molar refractivity (Wildman–Crippen MR) is 73.5 cm³/mol. The lowest BCUT2D eigenvalue weighted by Crippen LogP contribution is -2.31. The third kappa shape index (κ3) is 5.90. The second-order valence-electron chi connectivity index (χ2n) is 4.01. The number of hydrogen-bond donors (Lipinski definition) is 2. The van der Waals surface area contributed by atoms with Crippen molar-refractivity contribution in [2.45, 2.75) is 6.42 Å². The molecule has 110 valence electrons. The van der Waals surface area contributed by atoms with Gasteiger partial charge in [-0.15, -0.1) is 6.58 Å². The van der Waals surface area contributed by atoms with Crippen LogP contribution in [0.2, 0.25) is 0 Å². The zero-order chi connectivity index (χ0) is 14.8. The highest BCUT2D eigenvalue weighted by Crippen LogP contribution is 2.17. The molecule has 0 atom stereocenters. The topological polar surface area (TPSA) is 50.4 Å². The minimum atomic E-state index is -0.800. The molecule has 4 nitrogen and oxygen atoms in total. The average molecular weight is 284 g/mol. The van der Waals surface area contributed by atoms with E-state index < -0.39 is 23.2 Å². The van der Waals surface area contributed by atoms with Crippen molar-refractivity contribution in [2.75, 3.05) is 31.6 Å². The largest absolute Gasteiger partial charge is 0.380 e. The van der Waals surface area contributed by atoms with Gasteiger partial charge >= 0.3 is 0 Å². The number of anilines is 1. The van der Waals surface area contributed by atoms with E-state index in [4.69, 9.17) is 4.74 Å². The lowest BCUT2D eigenvalue weighted by Gasteiger charge is -2.08. The van der Waals surface area contributed by atoms with Gasteiger partial charge in [-0.25, -0.2) is 8.78 Å². The Bertz CT molecular complexity index is 433. The van der Waals surface area contributed by atoms with Crippen LogP contribution in [-0.2, 0) is 9.53 Å². The molecule has 0 radical (unpaired) electrons. The van der Waals surface area contributed by atoms with E-state index in [9.17, 15) is 13.6 Å². The molecule has 0 saturated heterocycles. The van der Waals surface area contributed by atoms with Crippen molar-refractivity contribution in [3.63, 3.8) is 0 Å². The van der Waals surface area contributed by atoms with E-state index in [1.807, 2.05) is 0 Å². The van der Waals surface area contributed by atoms with Gasteiger partial charge in [0.2, 0.25) is 5.91 Å². The number of hydrogen-bond acceptors (Lipinski definition) is 3. The summed E-state index contributed by atoms with van der Waals surface area (Å²) in [7, 11) is 0. The number of benzene rings is 1. The first-order valence-corrected chi connectivity index (χ1v) is 6.28. The molecule has 1 aromatic carbocycles. The molecule has 6 heteroatoms. The number of carbonyl (C=O) groups is 1. The molecule has 0 aromatic heterocycles. The first kappa shape index (κ1) is 16.3. The molecule has 0 saturated carbocycles. The van der Waals surface area contributed by atoms with Crippen molar-refractivity contribution >= 4 is 11.6 Å². The molecular formula is C14H18F2N2O2. The minimum absolute atomic E-state index is 0.0431. The smallest absolute Gasteiger partial charge is 0.238 e. The number of amides is 1. The number of ether oxygens (including phenoxy) is 1. The predicted octanol–water partition coefficient (Wildman–Crippen LogP) is 2.09. The molecule has 0 bridgehead atoms. The summed E-state index contributed by atoms with van der Waals surface area (Å²) in [5, 5.41) is 5.00. The molecule has 1 aromatic rings. The summed E-state index contributed by atoms with van der Waals surface area (Å²) < 4.78 is 31.8. The summed E-state index contributed by atoms with van der Waals surface area (Å²) in [6.45, 7) is 5.03. The summed E-state index contributed by atoms with van der Waals surface area (Å²) in [4.78, 5) is 11.5. The van der Waals surface area contributed by atoms with Gasteiger partial charge in [0, 0.05) is 6.54 Å². The molecule has 1 amide bonds. The number of para-hydroxylation sites is 1. The van der Waals surface area contributed by atoms with Crippen molar-refractivity contribution in [2.24, 2.45) is 0 Å². The van der Waals surface area contributed by atoms with Gasteiger partial charge < -0.3 is 15.4 Å². The van der Waals surface area contributed by atoms with Crippen LogP contribution in [0.4, 0.5) is 14.5 Å². The van der Waals surface area contributed by atoms with Gasteiger partial charge in [-0.2, -0.15) is 0 Å². The van der Waals surface area contributed by atoms with Gasteiger partial charge in [-0.3, -0.25) is 4.79 Å². The van der Waals surface area contributed by atoms with Crippen molar-refractivity contribution in [1.29, 1.82) is 0 Å². The zero-order valence-corrected chi connectivity index (χ0v) is 11.1. The van der Waals surface area contributed by atoms with Gasteiger partial charge in [0.05, 0.1) is 19.8 Å². The first-order chi connectivity index (χ1) is 9.65. The third-order valence-corrected chi connectivity index (χ3v) is 2.40. The maximum absolute atomic E-state index is 13.3. The van der Waals surface area contributed by atoms with Crippen LogP contribution in [0, 0.1) is 11.6 Å². The van der Waals surface area contributed by atoms with Crippen molar-refractivity contribution in [3.05, 3.63) is 42.5 Å². The van der Waals surface area contributed by atoms with Crippen LogP contribution in [0.15, 0.2) is 30.9 Å². The highest BCUT2D eigenvalue weighted by atomic mass is 19.1. The van der Waals surface area contributed by atoms with Crippen LogP contribution in [-0.4, -0.2) is 32.2 Å². The van der Waals surface area contributed by atoms with Crippen LogP contribution in [0.25, 0.3) is 0 Å². The Labute approximate surface area is 116 Å². The van der Waals surface area contributed by atoms with E-state index in [1.165, 1.54) is 6.07 Å². The average Bonchev–Trinajstić information content (AvgIpc) is 2.42. The van der Waals surface area contributed by atoms with E-state index in [2.05, 4.69) is 17.2 Å². The molecule has 20 heavy (non-hydrogen) atoms. The highest BCUT2D eigenvalue weighted by molar-refractivity contribution is 5.92. The third-order valence-electron chi connectivity index (χ3n) is 2.40. The van der Waals surface area contributed by atoms with E-state index in [-0.39, 0.29) is 6.54 Å². The monoisotopic (exact) mass is 284 g/mol. The number of nitrogens with one attached hydrogen (secondary N) is 2. The van der Waals surface area contributed by atoms with Crippen LogP contribution in [0.1, 0.15) is 6.42 Å². The lowest BCUT2D eigenvalue weighted by molar-refractivity contribution is -0.115. The fourth-order valence-corrected chi connectivity index (χ4v) is 1.42. The Kier molecular flexibility index (Phi) is 7.46. The number of carbonyl (C=O) groups excluding carboxylic acids is 1. The lowest BCUT2D eigenvalue weighted by atomic mass is 10.3. The molecule has 0 fully saturated rings. The Balaban J connectivity index is 2.22. The van der Waals surface area contributed by atoms with Crippen LogP contribution >= 0.6 is 0 Å². The quantitative estimate of drug-likeness (QED) is 0.539.